The van der Waals surface area contributed by atoms with Crippen LogP contribution in [0.2, 0.25) is 4.34 Å². The molecule has 5 nitrogen and oxygen atoms in total. The van der Waals surface area contributed by atoms with Crippen LogP contribution in [-0.2, 0) is 10.0 Å². The van der Waals surface area contributed by atoms with Gasteiger partial charge in [-0.25, -0.2) is 22.5 Å². The molecule has 9 heteroatoms. The number of halogens is 2. The second kappa shape index (κ2) is 4.72. The summed E-state index contributed by atoms with van der Waals surface area (Å²) in [6.45, 7) is 0. The number of nitrogens with one attached hydrogen (secondary N) is 2. The number of sulfonamides is 1. The number of rotatable bonds is 3. The van der Waals surface area contributed by atoms with E-state index in [4.69, 9.17) is 11.6 Å². The lowest BCUT2D eigenvalue weighted by Crippen LogP contribution is -2.12. The summed E-state index contributed by atoms with van der Waals surface area (Å²) >= 11 is 6.65. The summed E-state index contributed by atoms with van der Waals surface area (Å²) in [4.78, 5) is 6.73. The highest BCUT2D eigenvalue weighted by molar-refractivity contribution is 7.94. The number of hydrogen-bond acceptors (Lipinski definition) is 4. The normalized spacial score (nSPS) is 11.9. The number of fused-ring (bicyclic) bond motifs is 1. The van der Waals surface area contributed by atoms with Gasteiger partial charge in [-0.3, -0.25) is 0 Å². The van der Waals surface area contributed by atoms with Crippen LogP contribution in [0.15, 0.2) is 34.5 Å². The van der Waals surface area contributed by atoms with Crippen molar-refractivity contribution in [3.8, 4) is 0 Å². The number of H-pyrrole nitrogens is 1. The van der Waals surface area contributed by atoms with Crippen LogP contribution in [0.3, 0.4) is 0 Å². The minimum absolute atomic E-state index is 0.0233. The number of aromatic nitrogens is 2. The Balaban J connectivity index is 1.96. The highest BCUT2D eigenvalue weighted by Crippen LogP contribution is 2.27. The van der Waals surface area contributed by atoms with Gasteiger partial charge in [0.25, 0.3) is 10.0 Å². The second-order valence-electron chi connectivity index (χ2n) is 3.91. The van der Waals surface area contributed by atoms with E-state index >= 15 is 0 Å². The fourth-order valence-electron chi connectivity index (χ4n) is 1.65. The van der Waals surface area contributed by atoms with Gasteiger partial charge in [0.15, 0.2) is 0 Å². The zero-order valence-electron chi connectivity index (χ0n) is 9.72. The van der Waals surface area contributed by atoms with Gasteiger partial charge in [-0.15, -0.1) is 11.3 Å². The van der Waals surface area contributed by atoms with Gasteiger partial charge < -0.3 is 4.98 Å². The maximum Gasteiger partial charge on any atom is 0.273 e. The second-order valence-corrected chi connectivity index (χ2v) is 7.54. The molecular formula is C11H7ClFN3O2S2. The number of aromatic amines is 1. The van der Waals surface area contributed by atoms with Crippen LogP contribution in [-0.4, -0.2) is 18.4 Å². The van der Waals surface area contributed by atoms with Crippen LogP contribution in [0, 0.1) is 5.82 Å². The van der Waals surface area contributed by atoms with Crippen molar-refractivity contribution >= 4 is 49.9 Å². The molecule has 0 aliphatic heterocycles. The van der Waals surface area contributed by atoms with Gasteiger partial charge in [-0.2, -0.15) is 0 Å². The van der Waals surface area contributed by atoms with Crippen molar-refractivity contribution in [3.05, 3.63) is 40.5 Å². The fourth-order valence-corrected chi connectivity index (χ4v) is 4.10. The third kappa shape index (κ3) is 2.49. The molecule has 0 atom stereocenters. The molecule has 0 bridgehead atoms. The molecule has 0 saturated carbocycles. The predicted molar refractivity (Wildman–Crippen MR) is 76.2 cm³/mol. The molecule has 0 radical (unpaired) electrons. The number of thiophene rings is 1. The van der Waals surface area contributed by atoms with E-state index in [2.05, 4.69) is 14.7 Å². The van der Waals surface area contributed by atoms with Crippen molar-refractivity contribution in [1.29, 1.82) is 0 Å². The van der Waals surface area contributed by atoms with Crippen LogP contribution in [0.1, 0.15) is 0 Å². The molecular weight excluding hydrogens is 325 g/mol. The van der Waals surface area contributed by atoms with Gasteiger partial charge in [-0.1, -0.05) is 11.6 Å². The first-order chi connectivity index (χ1) is 9.44. The first-order valence-electron chi connectivity index (χ1n) is 5.37. The van der Waals surface area contributed by atoms with Crippen molar-refractivity contribution in [1.82, 2.24) is 9.97 Å². The number of nitrogens with zero attached hydrogens (tertiary/aromatic N) is 1. The lowest BCUT2D eigenvalue weighted by molar-refractivity contribution is 0.603. The summed E-state index contributed by atoms with van der Waals surface area (Å²) in [6, 6.07) is 6.84. The topological polar surface area (TPSA) is 74.8 Å². The average Bonchev–Trinajstić information content (AvgIpc) is 2.94. The van der Waals surface area contributed by atoms with Gasteiger partial charge in [0.1, 0.15) is 10.0 Å². The van der Waals surface area contributed by atoms with Gasteiger partial charge >= 0.3 is 0 Å². The molecule has 0 unspecified atom stereocenters. The first kappa shape index (κ1) is 13.3. The minimum atomic E-state index is -3.75. The molecule has 0 fully saturated rings. The van der Waals surface area contributed by atoms with Crippen molar-refractivity contribution in [2.75, 3.05) is 4.72 Å². The number of imidazole rings is 1. The van der Waals surface area contributed by atoms with E-state index in [0.717, 1.165) is 11.3 Å². The molecule has 2 N–H and O–H groups in total. The predicted octanol–water partition coefficient (Wildman–Crippen LogP) is 3.22. The van der Waals surface area contributed by atoms with E-state index in [9.17, 15) is 12.8 Å². The monoisotopic (exact) mass is 331 g/mol. The number of hydrogen-bond donors (Lipinski definition) is 2. The van der Waals surface area contributed by atoms with Crippen LogP contribution in [0.5, 0.6) is 0 Å². The third-order valence-electron chi connectivity index (χ3n) is 2.49. The fraction of sp³-hybridized carbons (Fsp3) is 0. The number of anilines is 1. The molecule has 20 heavy (non-hydrogen) atoms. The lowest BCUT2D eigenvalue weighted by Gasteiger charge is -2.01. The molecule has 0 saturated heterocycles. The number of benzene rings is 1. The Bertz CT molecular complexity index is 888. The first-order valence-corrected chi connectivity index (χ1v) is 8.05. The van der Waals surface area contributed by atoms with E-state index in [1.165, 1.54) is 30.3 Å². The van der Waals surface area contributed by atoms with E-state index < -0.39 is 15.8 Å². The van der Waals surface area contributed by atoms with E-state index in [-0.39, 0.29) is 10.2 Å². The van der Waals surface area contributed by atoms with Crippen molar-refractivity contribution in [2.45, 2.75) is 4.21 Å². The summed E-state index contributed by atoms with van der Waals surface area (Å²) in [5.74, 6) is -0.407. The van der Waals surface area contributed by atoms with Crippen LogP contribution >= 0.6 is 22.9 Å². The lowest BCUT2D eigenvalue weighted by atomic mass is 10.3. The summed E-state index contributed by atoms with van der Waals surface area (Å²) in [5.41, 5.74) is 0.875. The Labute approximate surface area is 122 Å². The summed E-state index contributed by atoms with van der Waals surface area (Å²) < 4.78 is 39.9. The largest absolute Gasteiger partial charge is 0.323 e. The Morgan fingerprint density at radius 1 is 1.30 bits per heavy atom. The molecule has 0 aliphatic rings. The quantitative estimate of drug-likeness (QED) is 0.773. The molecule has 2 heterocycles. The Morgan fingerprint density at radius 3 is 2.80 bits per heavy atom. The molecule has 2 aromatic heterocycles. The molecule has 0 aliphatic carbocycles. The van der Waals surface area contributed by atoms with E-state index in [0.29, 0.717) is 15.4 Å². The van der Waals surface area contributed by atoms with Crippen molar-refractivity contribution in [2.24, 2.45) is 0 Å². The van der Waals surface area contributed by atoms with Crippen molar-refractivity contribution < 1.29 is 12.8 Å². The minimum Gasteiger partial charge on any atom is -0.323 e. The highest BCUT2D eigenvalue weighted by atomic mass is 35.5. The molecule has 0 spiro atoms. The Morgan fingerprint density at radius 2 is 2.10 bits per heavy atom. The van der Waals surface area contributed by atoms with Crippen LogP contribution in [0.4, 0.5) is 10.3 Å². The summed E-state index contributed by atoms with van der Waals surface area (Å²) in [6.07, 6.45) is 0. The Hall–Kier alpha value is -1.64. The van der Waals surface area contributed by atoms with Gasteiger partial charge in [0.05, 0.1) is 15.4 Å². The molecule has 3 aromatic rings. The SMILES string of the molecule is O=S(=O)(Nc1nc2ccc(F)cc2[nH]1)c1ccc(Cl)s1. The molecule has 104 valence electrons. The van der Waals surface area contributed by atoms with Crippen LogP contribution in [0.25, 0.3) is 11.0 Å². The zero-order chi connectivity index (χ0) is 14.3. The molecule has 1 aromatic carbocycles. The van der Waals surface area contributed by atoms with E-state index in [1.54, 1.807) is 0 Å². The van der Waals surface area contributed by atoms with Crippen molar-refractivity contribution in [3.63, 3.8) is 0 Å². The smallest absolute Gasteiger partial charge is 0.273 e. The highest BCUT2D eigenvalue weighted by Gasteiger charge is 2.18. The maximum atomic E-state index is 13.1. The summed E-state index contributed by atoms with van der Waals surface area (Å²) in [7, 11) is -3.75. The van der Waals surface area contributed by atoms with Gasteiger partial charge in [-0.05, 0) is 30.3 Å². The summed E-state index contributed by atoms with van der Waals surface area (Å²) in [5, 5.41) is 0. The van der Waals surface area contributed by atoms with Crippen LogP contribution < -0.4 is 4.72 Å². The molecule has 3 rings (SSSR count). The third-order valence-corrected chi connectivity index (χ3v) is 5.55. The zero-order valence-corrected chi connectivity index (χ0v) is 12.1. The standard InChI is InChI=1S/C11H7ClFN3O2S2/c12-9-3-4-10(19-9)20(17,18)16-11-14-7-2-1-6(13)5-8(7)15-11/h1-5H,(H2,14,15,16). The Kier molecular flexibility index (Phi) is 3.15. The van der Waals surface area contributed by atoms with Gasteiger partial charge in [0.2, 0.25) is 5.95 Å². The maximum absolute atomic E-state index is 13.1. The average molecular weight is 332 g/mol. The molecule has 0 amide bonds. The van der Waals surface area contributed by atoms with E-state index in [1.807, 2.05) is 0 Å². The van der Waals surface area contributed by atoms with Gasteiger partial charge in [0, 0.05) is 0 Å².